The molecule has 0 saturated carbocycles. The fourth-order valence-corrected chi connectivity index (χ4v) is 3.62. The van der Waals surface area contributed by atoms with E-state index in [1.165, 1.54) is 11.3 Å². The molecule has 0 fully saturated rings. The molecule has 0 spiro atoms. The largest absolute Gasteiger partial charge is 0.305 e. The highest BCUT2D eigenvalue weighted by atomic mass is 35.5. The Labute approximate surface area is 133 Å². The highest BCUT2D eigenvalue weighted by Crippen LogP contribution is 2.37. The fraction of sp³-hybridized carbons (Fsp3) is 0.538. The first kappa shape index (κ1) is 15.8. The van der Waals surface area contributed by atoms with Gasteiger partial charge in [0.2, 0.25) is 0 Å². The van der Waals surface area contributed by atoms with Gasteiger partial charge in [-0.15, -0.1) is 16.4 Å². The summed E-state index contributed by atoms with van der Waals surface area (Å²) < 4.78 is 3.34. The average molecular weight is 333 g/mol. The van der Waals surface area contributed by atoms with Crippen LogP contribution >= 0.6 is 34.5 Å². The van der Waals surface area contributed by atoms with Crippen molar-refractivity contribution in [3.05, 3.63) is 32.2 Å². The monoisotopic (exact) mass is 332 g/mol. The second-order valence-electron chi connectivity index (χ2n) is 4.55. The van der Waals surface area contributed by atoms with Crippen molar-refractivity contribution < 1.29 is 0 Å². The maximum atomic E-state index is 6.31. The number of aromatic nitrogens is 3. The molecule has 0 radical (unpaired) electrons. The van der Waals surface area contributed by atoms with Gasteiger partial charge in [-0.1, -0.05) is 42.3 Å². The van der Waals surface area contributed by atoms with Gasteiger partial charge in [-0.3, -0.25) is 0 Å². The maximum Gasteiger partial charge on any atom is 0.0996 e. The standard InChI is InChI=1S/C13H18Cl2N4S/c1-3-5-16-12(9-7-11(14)20-13(9)15)10-8-17-18-19(10)6-4-2/h7-8,12,16H,3-6H2,1-2H3. The Morgan fingerprint density at radius 2 is 2.15 bits per heavy atom. The Balaban J connectivity index is 2.36. The quantitative estimate of drug-likeness (QED) is 0.828. The van der Waals surface area contributed by atoms with Crippen molar-refractivity contribution in [3.8, 4) is 0 Å². The highest BCUT2D eigenvalue weighted by molar-refractivity contribution is 7.20. The van der Waals surface area contributed by atoms with Crippen LogP contribution in [0.4, 0.5) is 0 Å². The van der Waals surface area contributed by atoms with Crippen LogP contribution in [0, 0.1) is 0 Å². The first-order chi connectivity index (χ1) is 9.67. The van der Waals surface area contributed by atoms with Gasteiger partial charge in [-0.05, 0) is 25.5 Å². The van der Waals surface area contributed by atoms with E-state index in [0.717, 1.165) is 37.2 Å². The molecular weight excluding hydrogens is 315 g/mol. The minimum atomic E-state index is -0.0206. The number of hydrogen-bond acceptors (Lipinski definition) is 4. The van der Waals surface area contributed by atoms with Crippen molar-refractivity contribution in [2.24, 2.45) is 0 Å². The van der Waals surface area contributed by atoms with E-state index in [2.05, 4.69) is 29.5 Å². The number of rotatable bonds is 7. The summed E-state index contributed by atoms with van der Waals surface area (Å²) in [6, 6.07) is 1.90. The molecule has 0 saturated heterocycles. The molecule has 0 aromatic carbocycles. The number of thiophene rings is 1. The van der Waals surface area contributed by atoms with Crippen molar-refractivity contribution in [2.75, 3.05) is 6.54 Å². The lowest BCUT2D eigenvalue weighted by Gasteiger charge is -2.19. The molecule has 20 heavy (non-hydrogen) atoms. The van der Waals surface area contributed by atoms with Crippen LogP contribution in [0.2, 0.25) is 8.67 Å². The third kappa shape index (κ3) is 3.52. The third-order valence-electron chi connectivity index (χ3n) is 2.97. The fourth-order valence-electron chi connectivity index (χ4n) is 2.09. The number of halogens is 2. The van der Waals surface area contributed by atoms with E-state index in [9.17, 15) is 0 Å². The number of aryl methyl sites for hydroxylation is 1. The van der Waals surface area contributed by atoms with E-state index in [4.69, 9.17) is 23.2 Å². The molecule has 0 bridgehead atoms. The van der Waals surface area contributed by atoms with Crippen molar-refractivity contribution in [1.82, 2.24) is 20.3 Å². The molecule has 0 aliphatic heterocycles. The van der Waals surface area contributed by atoms with Crippen molar-refractivity contribution in [3.63, 3.8) is 0 Å². The van der Waals surface area contributed by atoms with Crippen LogP contribution in [-0.4, -0.2) is 21.5 Å². The van der Waals surface area contributed by atoms with E-state index in [1.807, 2.05) is 10.7 Å². The third-order valence-corrected chi connectivity index (χ3v) is 4.49. The molecule has 1 unspecified atom stereocenters. The van der Waals surface area contributed by atoms with Crippen molar-refractivity contribution in [1.29, 1.82) is 0 Å². The van der Waals surface area contributed by atoms with Gasteiger partial charge in [0, 0.05) is 12.1 Å². The van der Waals surface area contributed by atoms with Gasteiger partial charge in [-0.2, -0.15) is 0 Å². The minimum absolute atomic E-state index is 0.0206. The summed E-state index contributed by atoms with van der Waals surface area (Å²) in [5.74, 6) is 0. The van der Waals surface area contributed by atoms with Gasteiger partial charge < -0.3 is 5.32 Å². The number of nitrogens with zero attached hydrogens (tertiary/aromatic N) is 3. The van der Waals surface area contributed by atoms with Crippen molar-refractivity contribution in [2.45, 2.75) is 39.3 Å². The smallest absolute Gasteiger partial charge is 0.0996 e. The molecule has 7 heteroatoms. The van der Waals surface area contributed by atoms with Gasteiger partial charge in [0.25, 0.3) is 0 Å². The lowest BCUT2D eigenvalue weighted by molar-refractivity contribution is 0.505. The highest BCUT2D eigenvalue weighted by Gasteiger charge is 2.22. The summed E-state index contributed by atoms with van der Waals surface area (Å²) in [5.41, 5.74) is 2.02. The van der Waals surface area contributed by atoms with Crippen LogP contribution in [0.1, 0.15) is 44.0 Å². The number of nitrogens with one attached hydrogen (secondary N) is 1. The SMILES string of the molecule is CCCNC(c1cc(Cl)sc1Cl)c1cnnn1CCC. The molecule has 0 aliphatic carbocycles. The molecular formula is C13H18Cl2N4S. The first-order valence-electron chi connectivity index (χ1n) is 6.73. The van der Waals surface area contributed by atoms with E-state index in [-0.39, 0.29) is 6.04 Å². The van der Waals surface area contributed by atoms with Gasteiger partial charge in [0.05, 0.1) is 26.6 Å². The average Bonchev–Trinajstić information content (AvgIpc) is 2.99. The van der Waals surface area contributed by atoms with Crippen LogP contribution in [0.25, 0.3) is 0 Å². The summed E-state index contributed by atoms with van der Waals surface area (Å²) in [7, 11) is 0. The van der Waals surface area contributed by atoms with Crippen molar-refractivity contribution >= 4 is 34.5 Å². The molecule has 4 nitrogen and oxygen atoms in total. The molecule has 2 heterocycles. The Bertz CT molecular complexity index is 552. The Morgan fingerprint density at radius 3 is 2.75 bits per heavy atom. The van der Waals surface area contributed by atoms with Crippen LogP contribution in [0.3, 0.4) is 0 Å². The Morgan fingerprint density at radius 1 is 1.35 bits per heavy atom. The zero-order valence-electron chi connectivity index (χ0n) is 11.6. The summed E-state index contributed by atoms with van der Waals surface area (Å²) in [6.07, 6.45) is 3.85. The van der Waals surface area contributed by atoms with E-state index < -0.39 is 0 Å². The molecule has 2 rings (SSSR count). The minimum Gasteiger partial charge on any atom is -0.305 e. The lowest BCUT2D eigenvalue weighted by atomic mass is 10.1. The van der Waals surface area contributed by atoms with E-state index in [0.29, 0.717) is 8.67 Å². The maximum absolute atomic E-state index is 6.31. The summed E-state index contributed by atoms with van der Waals surface area (Å²) in [5, 5.41) is 11.7. The predicted octanol–water partition coefficient (Wildman–Crippen LogP) is 4.15. The summed E-state index contributed by atoms with van der Waals surface area (Å²) in [6.45, 7) is 5.99. The second-order valence-corrected chi connectivity index (χ2v) is 6.83. The Kier molecular flexibility index (Phi) is 5.84. The number of hydrogen-bond donors (Lipinski definition) is 1. The van der Waals surface area contributed by atoms with Gasteiger partial charge in [0.1, 0.15) is 0 Å². The summed E-state index contributed by atoms with van der Waals surface area (Å²) in [4.78, 5) is 0. The molecule has 2 aromatic heterocycles. The van der Waals surface area contributed by atoms with Crippen LogP contribution in [0.5, 0.6) is 0 Å². The topological polar surface area (TPSA) is 42.7 Å². The normalized spacial score (nSPS) is 12.8. The molecule has 0 amide bonds. The van der Waals surface area contributed by atoms with Gasteiger partial charge in [0.15, 0.2) is 0 Å². The lowest BCUT2D eigenvalue weighted by Crippen LogP contribution is -2.25. The zero-order chi connectivity index (χ0) is 14.5. The van der Waals surface area contributed by atoms with E-state index in [1.54, 1.807) is 6.20 Å². The van der Waals surface area contributed by atoms with E-state index >= 15 is 0 Å². The van der Waals surface area contributed by atoms with Crippen LogP contribution in [0.15, 0.2) is 12.3 Å². The summed E-state index contributed by atoms with van der Waals surface area (Å²) >= 11 is 13.8. The molecule has 1 atom stereocenters. The second kappa shape index (κ2) is 7.41. The van der Waals surface area contributed by atoms with Gasteiger partial charge in [-0.25, -0.2) is 4.68 Å². The zero-order valence-corrected chi connectivity index (χ0v) is 13.9. The molecule has 2 aromatic rings. The van der Waals surface area contributed by atoms with Gasteiger partial charge >= 0.3 is 0 Å². The predicted molar refractivity (Wildman–Crippen MR) is 84.8 cm³/mol. The Hall–Kier alpha value is -0.620. The first-order valence-corrected chi connectivity index (χ1v) is 8.31. The molecule has 0 aliphatic rings. The molecule has 110 valence electrons. The molecule has 1 N–H and O–H groups in total. The van der Waals surface area contributed by atoms with Crippen LogP contribution < -0.4 is 5.32 Å². The van der Waals surface area contributed by atoms with Crippen LogP contribution in [-0.2, 0) is 6.54 Å².